The smallest absolute Gasteiger partial charge is 0.335 e. The van der Waals surface area contributed by atoms with E-state index in [-0.39, 0.29) is 35.1 Å². The van der Waals surface area contributed by atoms with Crippen LogP contribution in [-0.2, 0) is 11.3 Å². The molecular formula is C20H26N6O5. The minimum Gasteiger partial charge on any atom is -0.478 e. The first-order chi connectivity index (χ1) is 14.7. The number of aliphatic hydroxyl groups excluding tert-OH is 1. The fraction of sp³-hybridized carbons (Fsp3) is 0.350. The maximum absolute atomic E-state index is 12.0. The number of aromatic nitrogens is 4. The number of nitrogens with one attached hydrogen (secondary N) is 2. The first kappa shape index (κ1) is 23.7. The Hall–Kier alpha value is -3.57. The summed E-state index contributed by atoms with van der Waals surface area (Å²) in [6.45, 7) is 2.84. The Balaban J connectivity index is 0.000000423. The van der Waals surface area contributed by atoms with Crippen LogP contribution in [0.15, 0.2) is 41.7 Å². The average Bonchev–Trinajstić information content (AvgIpc) is 3.11. The summed E-state index contributed by atoms with van der Waals surface area (Å²) >= 11 is 0. The van der Waals surface area contributed by atoms with Gasteiger partial charge >= 0.3 is 5.97 Å². The van der Waals surface area contributed by atoms with E-state index in [1.807, 2.05) is 19.0 Å². The van der Waals surface area contributed by atoms with Crippen LogP contribution in [0.1, 0.15) is 23.7 Å². The summed E-state index contributed by atoms with van der Waals surface area (Å²) in [4.78, 5) is 46.7. The Morgan fingerprint density at radius 3 is 2.45 bits per heavy atom. The molecule has 1 amide bonds. The van der Waals surface area contributed by atoms with E-state index < -0.39 is 5.97 Å². The summed E-state index contributed by atoms with van der Waals surface area (Å²) in [5, 5.41) is 20.2. The second kappa shape index (κ2) is 11.0. The molecule has 166 valence electrons. The molecule has 3 aromatic rings. The number of benzene rings is 1. The molecule has 2 aromatic heterocycles. The van der Waals surface area contributed by atoms with Crippen LogP contribution in [0.4, 0.5) is 5.69 Å². The van der Waals surface area contributed by atoms with Crippen LogP contribution in [0.2, 0.25) is 0 Å². The third kappa shape index (κ3) is 7.32. The van der Waals surface area contributed by atoms with Crippen LogP contribution < -0.4 is 10.9 Å². The Labute approximate surface area is 178 Å². The van der Waals surface area contributed by atoms with Gasteiger partial charge in [0, 0.05) is 25.2 Å². The van der Waals surface area contributed by atoms with Gasteiger partial charge in [0.05, 0.1) is 24.3 Å². The van der Waals surface area contributed by atoms with E-state index in [1.54, 1.807) is 11.5 Å². The summed E-state index contributed by atoms with van der Waals surface area (Å²) in [7, 11) is 3.87. The molecule has 0 radical (unpaired) electrons. The fourth-order valence-corrected chi connectivity index (χ4v) is 2.73. The molecule has 0 aliphatic carbocycles. The number of anilines is 1. The predicted octanol–water partition coefficient (Wildman–Crippen LogP) is 0.775. The zero-order valence-corrected chi connectivity index (χ0v) is 17.6. The Morgan fingerprint density at radius 1 is 1.23 bits per heavy atom. The number of aliphatic hydroxyl groups is 1. The number of carboxylic acid groups (broad SMARTS) is 1. The number of fused-ring (bicyclic) bond motifs is 1. The van der Waals surface area contributed by atoms with Crippen molar-refractivity contribution in [2.24, 2.45) is 0 Å². The maximum Gasteiger partial charge on any atom is 0.335 e. The number of aryl methyl sites for hydroxylation is 1. The van der Waals surface area contributed by atoms with Gasteiger partial charge in [0.15, 0.2) is 11.2 Å². The zero-order chi connectivity index (χ0) is 23.0. The molecule has 11 heteroatoms. The third-order valence-electron chi connectivity index (χ3n) is 4.03. The molecule has 0 saturated carbocycles. The molecule has 0 bridgehead atoms. The lowest BCUT2D eigenvalue weighted by Crippen LogP contribution is -2.22. The molecule has 2 heterocycles. The van der Waals surface area contributed by atoms with Crippen molar-refractivity contribution >= 4 is 28.7 Å². The number of likely N-dealkylation sites (N-methyl/N-ethyl adjacent to an activating group) is 1. The van der Waals surface area contributed by atoms with Crippen molar-refractivity contribution < 1.29 is 19.8 Å². The average molecular weight is 430 g/mol. The topological polar surface area (TPSA) is 153 Å². The van der Waals surface area contributed by atoms with E-state index in [1.165, 1.54) is 36.9 Å². The van der Waals surface area contributed by atoms with E-state index in [4.69, 9.17) is 10.2 Å². The Bertz CT molecular complexity index is 1070. The number of hydrogen-bond acceptors (Lipinski definition) is 7. The van der Waals surface area contributed by atoms with Crippen molar-refractivity contribution in [3.8, 4) is 0 Å². The number of hydrogen-bond donors (Lipinski definition) is 4. The van der Waals surface area contributed by atoms with E-state index in [0.717, 1.165) is 6.54 Å². The van der Waals surface area contributed by atoms with E-state index in [9.17, 15) is 14.4 Å². The Kier molecular flexibility index (Phi) is 8.41. The second-order valence-corrected chi connectivity index (χ2v) is 7.13. The number of carboxylic acids is 1. The van der Waals surface area contributed by atoms with Gasteiger partial charge in [-0.25, -0.2) is 14.8 Å². The quantitative estimate of drug-likeness (QED) is 0.429. The molecule has 3 rings (SSSR count). The number of H-pyrrole nitrogens is 1. The number of nitrogens with zero attached hydrogens (tertiary/aromatic N) is 4. The molecule has 0 saturated heterocycles. The van der Waals surface area contributed by atoms with Gasteiger partial charge in [-0.3, -0.25) is 9.59 Å². The third-order valence-corrected chi connectivity index (χ3v) is 4.03. The van der Waals surface area contributed by atoms with Crippen LogP contribution in [0.25, 0.3) is 11.2 Å². The summed E-state index contributed by atoms with van der Waals surface area (Å²) < 4.78 is 1.62. The first-order valence-corrected chi connectivity index (χ1v) is 9.52. The van der Waals surface area contributed by atoms with Crippen LogP contribution in [0.5, 0.6) is 0 Å². The SMILES string of the molecule is CC(O)CN(C)C.O=C(CCn1cnc2c(=O)[nH]cnc21)Nc1ccc(C(=O)O)cc1. The number of aromatic carboxylic acids is 1. The largest absolute Gasteiger partial charge is 0.478 e. The molecule has 0 aliphatic rings. The number of carbonyl (C=O) groups is 2. The summed E-state index contributed by atoms with van der Waals surface area (Å²) in [6.07, 6.45) is 2.70. The van der Waals surface area contributed by atoms with E-state index in [2.05, 4.69) is 20.3 Å². The Morgan fingerprint density at radius 2 is 1.90 bits per heavy atom. The number of aromatic amines is 1. The second-order valence-electron chi connectivity index (χ2n) is 7.13. The van der Waals surface area contributed by atoms with Gasteiger partial charge in [0.25, 0.3) is 5.56 Å². The first-order valence-electron chi connectivity index (χ1n) is 9.52. The van der Waals surface area contributed by atoms with Gasteiger partial charge < -0.3 is 30.0 Å². The monoisotopic (exact) mass is 430 g/mol. The maximum atomic E-state index is 12.0. The summed E-state index contributed by atoms with van der Waals surface area (Å²) in [5.41, 5.74) is 0.963. The number of rotatable bonds is 7. The molecular weight excluding hydrogens is 404 g/mol. The molecule has 1 atom stereocenters. The lowest BCUT2D eigenvalue weighted by atomic mass is 10.2. The van der Waals surface area contributed by atoms with Crippen LogP contribution in [0.3, 0.4) is 0 Å². The molecule has 11 nitrogen and oxygen atoms in total. The molecule has 0 fully saturated rings. The van der Waals surface area contributed by atoms with Gasteiger partial charge in [-0.2, -0.15) is 0 Å². The van der Waals surface area contributed by atoms with Crippen LogP contribution in [-0.4, -0.2) is 73.3 Å². The van der Waals surface area contributed by atoms with Crippen molar-refractivity contribution in [3.63, 3.8) is 0 Å². The molecule has 1 aromatic carbocycles. The summed E-state index contributed by atoms with van der Waals surface area (Å²) in [5.74, 6) is -1.27. The minimum atomic E-state index is -1.03. The zero-order valence-electron chi connectivity index (χ0n) is 17.6. The van der Waals surface area contributed by atoms with E-state index in [0.29, 0.717) is 17.9 Å². The van der Waals surface area contributed by atoms with Crippen LogP contribution in [0, 0.1) is 0 Å². The highest BCUT2D eigenvalue weighted by Crippen LogP contribution is 2.11. The van der Waals surface area contributed by atoms with Gasteiger partial charge in [-0.05, 0) is 45.3 Å². The molecule has 4 N–H and O–H groups in total. The van der Waals surface area contributed by atoms with Crippen molar-refractivity contribution in [1.29, 1.82) is 0 Å². The standard InChI is InChI=1S/C15H13N5O4.C5H13NO/c21-11(19-10-3-1-9(2-4-10)15(23)24)5-6-20-8-18-12-13(20)16-7-17-14(12)22;1-5(7)4-6(2)3/h1-4,7-8H,5-6H2,(H,19,21)(H,23,24)(H,16,17,22);5,7H,4H2,1-3H3. The highest BCUT2D eigenvalue weighted by atomic mass is 16.4. The number of imidazole rings is 1. The lowest BCUT2D eigenvalue weighted by molar-refractivity contribution is -0.116. The van der Waals surface area contributed by atoms with Crippen molar-refractivity contribution in [3.05, 3.63) is 52.8 Å². The van der Waals surface area contributed by atoms with E-state index >= 15 is 0 Å². The number of amides is 1. The van der Waals surface area contributed by atoms with Gasteiger partial charge in [0.2, 0.25) is 5.91 Å². The van der Waals surface area contributed by atoms with Crippen molar-refractivity contribution in [2.45, 2.75) is 26.0 Å². The number of carbonyl (C=O) groups excluding carboxylic acids is 1. The predicted molar refractivity (Wildman–Crippen MR) is 115 cm³/mol. The van der Waals surface area contributed by atoms with Crippen LogP contribution >= 0.6 is 0 Å². The van der Waals surface area contributed by atoms with Crippen molar-refractivity contribution in [2.75, 3.05) is 26.0 Å². The van der Waals surface area contributed by atoms with Gasteiger partial charge in [-0.15, -0.1) is 0 Å². The van der Waals surface area contributed by atoms with Crippen molar-refractivity contribution in [1.82, 2.24) is 24.4 Å². The fourth-order valence-electron chi connectivity index (χ4n) is 2.73. The highest BCUT2D eigenvalue weighted by Gasteiger charge is 2.09. The van der Waals surface area contributed by atoms with Gasteiger partial charge in [-0.1, -0.05) is 0 Å². The lowest BCUT2D eigenvalue weighted by Gasteiger charge is -2.10. The molecule has 0 aliphatic heterocycles. The highest BCUT2D eigenvalue weighted by molar-refractivity contribution is 5.92. The molecule has 31 heavy (non-hydrogen) atoms. The normalized spacial score (nSPS) is 11.6. The molecule has 1 unspecified atom stereocenters. The molecule has 0 spiro atoms. The summed E-state index contributed by atoms with van der Waals surface area (Å²) in [6, 6.07) is 5.87. The van der Waals surface area contributed by atoms with Gasteiger partial charge in [0.1, 0.15) is 0 Å². The minimum absolute atomic E-state index is 0.147.